The Morgan fingerprint density at radius 3 is 2.47 bits per heavy atom. The lowest BCUT2D eigenvalue weighted by Gasteiger charge is -2.07. The molecule has 0 aliphatic carbocycles. The Kier molecular flexibility index (Phi) is 4.96. The number of carbonyl (C=O) groups is 2. The van der Waals surface area contributed by atoms with Crippen molar-refractivity contribution in [3.63, 3.8) is 0 Å². The molecule has 92 valence electrons. The summed E-state index contributed by atoms with van der Waals surface area (Å²) >= 11 is 0. The summed E-state index contributed by atoms with van der Waals surface area (Å²) in [5, 5.41) is 13.3. The summed E-state index contributed by atoms with van der Waals surface area (Å²) in [5.41, 5.74) is 3.27. The van der Waals surface area contributed by atoms with Crippen molar-refractivity contribution in [2.45, 2.75) is 13.3 Å². The van der Waals surface area contributed by atoms with Gasteiger partial charge in [0.15, 0.2) is 0 Å². The largest absolute Gasteiger partial charge is 0.337 e. The van der Waals surface area contributed by atoms with Crippen LogP contribution in [0.3, 0.4) is 0 Å². The predicted molar refractivity (Wildman–Crippen MR) is 62.7 cm³/mol. The molecule has 0 radical (unpaired) electrons. The fourth-order valence-electron chi connectivity index (χ4n) is 1.16. The van der Waals surface area contributed by atoms with Crippen LogP contribution in [-0.4, -0.2) is 23.7 Å². The van der Waals surface area contributed by atoms with Gasteiger partial charge in [0.1, 0.15) is 0 Å². The van der Waals surface area contributed by atoms with Crippen LogP contribution in [0.2, 0.25) is 0 Å². The van der Waals surface area contributed by atoms with Crippen molar-refractivity contribution in [3.8, 4) is 0 Å². The third-order valence-corrected chi connectivity index (χ3v) is 2.07. The fourth-order valence-corrected chi connectivity index (χ4v) is 1.16. The maximum Gasteiger partial charge on any atom is 0.319 e. The van der Waals surface area contributed by atoms with Gasteiger partial charge in [0.05, 0.1) is 0 Å². The molecule has 1 aromatic carbocycles. The van der Waals surface area contributed by atoms with Crippen molar-refractivity contribution < 1.29 is 14.8 Å². The number of carbonyl (C=O) groups excluding carboxylic acids is 2. The zero-order valence-electron chi connectivity index (χ0n) is 9.49. The second-order valence-corrected chi connectivity index (χ2v) is 3.53. The maximum atomic E-state index is 11.4. The molecular formula is C11H15N3O3. The molecule has 0 aromatic heterocycles. The van der Waals surface area contributed by atoms with Crippen LogP contribution >= 0.6 is 0 Å². The SMILES string of the molecule is Cc1ccc(NC(=O)NCCC(=O)NO)cc1. The lowest BCUT2D eigenvalue weighted by atomic mass is 10.2. The Balaban J connectivity index is 2.30. The van der Waals surface area contributed by atoms with Gasteiger partial charge in [0.2, 0.25) is 5.91 Å². The van der Waals surface area contributed by atoms with Crippen LogP contribution in [-0.2, 0) is 4.79 Å². The van der Waals surface area contributed by atoms with E-state index in [9.17, 15) is 9.59 Å². The molecular weight excluding hydrogens is 222 g/mol. The average molecular weight is 237 g/mol. The second kappa shape index (κ2) is 6.49. The Labute approximate surface area is 99.0 Å². The normalized spacial score (nSPS) is 9.53. The van der Waals surface area contributed by atoms with Crippen LogP contribution in [0, 0.1) is 6.92 Å². The van der Waals surface area contributed by atoms with E-state index in [0.717, 1.165) is 5.56 Å². The van der Waals surface area contributed by atoms with Crippen LogP contribution in [0.1, 0.15) is 12.0 Å². The van der Waals surface area contributed by atoms with E-state index in [1.807, 2.05) is 19.1 Å². The Morgan fingerprint density at radius 2 is 1.88 bits per heavy atom. The van der Waals surface area contributed by atoms with E-state index < -0.39 is 5.91 Å². The first-order valence-electron chi connectivity index (χ1n) is 5.16. The van der Waals surface area contributed by atoms with Crippen molar-refractivity contribution >= 4 is 17.6 Å². The Bertz CT molecular complexity index is 389. The van der Waals surface area contributed by atoms with E-state index >= 15 is 0 Å². The molecule has 0 bridgehead atoms. The summed E-state index contributed by atoms with van der Waals surface area (Å²) in [6.45, 7) is 2.11. The van der Waals surface area contributed by atoms with Crippen LogP contribution in [0.15, 0.2) is 24.3 Å². The monoisotopic (exact) mass is 237 g/mol. The molecule has 0 heterocycles. The van der Waals surface area contributed by atoms with Gasteiger partial charge >= 0.3 is 6.03 Å². The summed E-state index contributed by atoms with van der Waals surface area (Å²) < 4.78 is 0. The average Bonchev–Trinajstić information content (AvgIpc) is 2.32. The number of rotatable bonds is 4. The molecule has 6 heteroatoms. The van der Waals surface area contributed by atoms with Gasteiger partial charge < -0.3 is 10.6 Å². The van der Waals surface area contributed by atoms with Gasteiger partial charge in [-0.2, -0.15) is 0 Å². The number of benzene rings is 1. The second-order valence-electron chi connectivity index (χ2n) is 3.53. The molecule has 0 atom stereocenters. The number of aryl methyl sites for hydroxylation is 1. The lowest BCUT2D eigenvalue weighted by molar-refractivity contribution is -0.129. The van der Waals surface area contributed by atoms with Crippen molar-refractivity contribution in [3.05, 3.63) is 29.8 Å². The third-order valence-electron chi connectivity index (χ3n) is 2.07. The zero-order valence-corrected chi connectivity index (χ0v) is 9.49. The van der Waals surface area contributed by atoms with Gasteiger partial charge in [0.25, 0.3) is 0 Å². The van der Waals surface area contributed by atoms with E-state index in [4.69, 9.17) is 5.21 Å². The Hall–Kier alpha value is -2.08. The number of hydrogen-bond acceptors (Lipinski definition) is 3. The van der Waals surface area contributed by atoms with Crippen LogP contribution in [0.4, 0.5) is 10.5 Å². The number of urea groups is 1. The summed E-state index contributed by atoms with van der Waals surface area (Å²) in [4.78, 5) is 22.0. The third kappa shape index (κ3) is 4.98. The molecule has 0 saturated carbocycles. The molecule has 0 aliphatic heterocycles. The highest BCUT2D eigenvalue weighted by Crippen LogP contribution is 2.07. The van der Waals surface area contributed by atoms with Crippen molar-refractivity contribution in [2.75, 3.05) is 11.9 Å². The molecule has 1 rings (SSSR count). The lowest BCUT2D eigenvalue weighted by Crippen LogP contribution is -2.32. The first kappa shape index (κ1) is 13.0. The number of anilines is 1. The van der Waals surface area contributed by atoms with Crippen molar-refractivity contribution in [1.82, 2.24) is 10.8 Å². The number of hydroxylamine groups is 1. The van der Waals surface area contributed by atoms with E-state index in [-0.39, 0.29) is 19.0 Å². The van der Waals surface area contributed by atoms with Crippen LogP contribution in [0.5, 0.6) is 0 Å². The van der Waals surface area contributed by atoms with Crippen molar-refractivity contribution in [2.24, 2.45) is 0 Å². The molecule has 17 heavy (non-hydrogen) atoms. The van der Waals surface area contributed by atoms with Gasteiger partial charge in [-0.05, 0) is 19.1 Å². The minimum Gasteiger partial charge on any atom is -0.337 e. The molecule has 6 nitrogen and oxygen atoms in total. The molecule has 0 spiro atoms. The summed E-state index contributed by atoms with van der Waals surface area (Å²) in [6.07, 6.45) is 0.0256. The zero-order chi connectivity index (χ0) is 12.7. The molecule has 0 unspecified atom stereocenters. The fraction of sp³-hybridized carbons (Fsp3) is 0.273. The first-order valence-corrected chi connectivity index (χ1v) is 5.16. The van der Waals surface area contributed by atoms with E-state index in [1.54, 1.807) is 12.1 Å². The van der Waals surface area contributed by atoms with Gasteiger partial charge in [-0.15, -0.1) is 0 Å². The summed E-state index contributed by atoms with van der Waals surface area (Å²) in [5.74, 6) is -0.541. The summed E-state index contributed by atoms with van der Waals surface area (Å²) in [7, 11) is 0. The quantitative estimate of drug-likeness (QED) is 0.465. The highest BCUT2D eigenvalue weighted by molar-refractivity contribution is 5.89. The van der Waals surface area contributed by atoms with Gasteiger partial charge in [0, 0.05) is 18.7 Å². The van der Waals surface area contributed by atoms with E-state index in [1.165, 1.54) is 5.48 Å². The summed E-state index contributed by atoms with van der Waals surface area (Å²) in [6, 6.07) is 6.95. The van der Waals surface area contributed by atoms with Gasteiger partial charge in [-0.3, -0.25) is 10.0 Å². The molecule has 1 aromatic rings. The number of amides is 3. The number of hydrogen-bond donors (Lipinski definition) is 4. The predicted octanol–water partition coefficient (Wildman–Crippen LogP) is 1.01. The number of nitrogens with one attached hydrogen (secondary N) is 3. The van der Waals surface area contributed by atoms with Gasteiger partial charge in [-0.25, -0.2) is 10.3 Å². The van der Waals surface area contributed by atoms with Gasteiger partial charge in [-0.1, -0.05) is 17.7 Å². The molecule has 3 amide bonds. The highest BCUT2D eigenvalue weighted by Gasteiger charge is 2.03. The Morgan fingerprint density at radius 1 is 1.24 bits per heavy atom. The topological polar surface area (TPSA) is 90.5 Å². The first-order chi connectivity index (χ1) is 8.11. The molecule has 0 saturated heterocycles. The minimum absolute atomic E-state index is 0.0256. The van der Waals surface area contributed by atoms with E-state index in [2.05, 4.69) is 10.6 Å². The van der Waals surface area contributed by atoms with Crippen molar-refractivity contribution in [1.29, 1.82) is 0 Å². The standard InChI is InChI=1S/C11H15N3O3/c1-8-2-4-9(5-3-8)13-11(16)12-7-6-10(15)14-17/h2-5,17H,6-7H2,1H3,(H,14,15)(H2,12,13,16). The highest BCUT2D eigenvalue weighted by atomic mass is 16.5. The minimum atomic E-state index is -0.541. The molecule has 0 fully saturated rings. The molecule has 4 N–H and O–H groups in total. The maximum absolute atomic E-state index is 11.4. The van der Waals surface area contributed by atoms with Crippen LogP contribution in [0.25, 0.3) is 0 Å². The van der Waals surface area contributed by atoms with E-state index in [0.29, 0.717) is 5.69 Å². The molecule has 0 aliphatic rings. The van der Waals surface area contributed by atoms with Crippen LogP contribution < -0.4 is 16.1 Å². The smallest absolute Gasteiger partial charge is 0.319 e.